The molecule has 2 aromatic carbocycles. The van der Waals surface area contributed by atoms with E-state index in [4.69, 9.17) is 9.84 Å². The van der Waals surface area contributed by atoms with Gasteiger partial charge in [-0.2, -0.15) is 13.2 Å². The predicted molar refractivity (Wildman–Crippen MR) is 113 cm³/mol. The van der Waals surface area contributed by atoms with Gasteiger partial charge in [-0.15, -0.1) is 0 Å². The van der Waals surface area contributed by atoms with E-state index >= 15 is 0 Å². The van der Waals surface area contributed by atoms with Gasteiger partial charge in [0.2, 0.25) is 5.91 Å². The monoisotopic (exact) mass is 500 g/mol. The molecule has 2 aromatic rings. The molecule has 0 fully saturated rings. The van der Waals surface area contributed by atoms with Crippen LogP contribution in [0.25, 0.3) is 11.1 Å². The van der Waals surface area contributed by atoms with Crippen LogP contribution in [0.3, 0.4) is 0 Å². The average molecular weight is 500 g/mol. The number of rotatable bonds is 9. The van der Waals surface area contributed by atoms with E-state index in [1.807, 2.05) is 36.4 Å². The lowest BCUT2D eigenvalue weighted by Gasteiger charge is -2.23. The molecule has 0 bridgehead atoms. The molecule has 2 atom stereocenters. The van der Waals surface area contributed by atoms with Crippen LogP contribution in [0.4, 0.5) is 26.7 Å². The first kappa shape index (κ1) is 25.9. The van der Waals surface area contributed by atoms with E-state index in [2.05, 4.69) is 0 Å². The van der Waals surface area contributed by atoms with Gasteiger partial charge in [-0.05, 0) is 22.3 Å². The molecule has 188 valence electrons. The summed E-state index contributed by atoms with van der Waals surface area (Å²) in [6.07, 6.45) is -12.7. The van der Waals surface area contributed by atoms with Gasteiger partial charge in [0.1, 0.15) is 18.7 Å². The van der Waals surface area contributed by atoms with E-state index < -0.39 is 61.4 Å². The van der Waals surface area contributed by atoms with Gasteiger partial charge in [0.15, 0.2) is 0 Å². The number of nitrogens with one attached hydrogen (secondary N) is 2. The Kier molecular flexibility index (Phi) is 7.92. The molecule has 0 saturated heterocycles. The molecular weight excluding hydrogens is 479 g/mol. The summed E-state index contributed by atoms with van der Waals surface area (Å²) in [4.78, 5) is 35.2. The van der Waals surface area contributed by atoms with Gasteiger partial charge in [-0.1, -0.05) is 48.5 Å². The van der Waals surface area contributed by atoms with Crippen molar-refractivity contribution in [1.29, 1.82) is 0 Å². The Balaban J connectivity index is 1.69. The number of carbonyl (C=O) groups is 3. The Morgan fingerprint density at radius 2 is 1.49 bits per heavy atom. The van der Waals surface area contributed by atoms with Gasteiger partial charge in [-0.3, -0.25) is 9.59 Å². The molecule has 7 nitrogen and oxygen atoms in total. The third kappa shape index (κ3) is 6.67. The minimum absolute atomic E-state index is 0.251. The minimum Gasteiger partial charge on any atom is -0.481 e. The number of aliphatic carboxylic acids is 1. The van der Waals surface area contributed by atoms with Crippen LogP contribution in [-0.2, 0) is 14.3 Å². The van der Waals surface area contributed by atoms with Gasteiger partial charge in [0, 0.05) is 5.92 Å². The smallest absolute Gasteiger partial charge is 0.407 e. The zero-order valence-electron chi connectivity index (χ0n) is 18.0. The zero-order valence-corrected chi connectivity index (χ0v) is 18.0. The highest BCUT2D eigenvalue weighted by molar-refractivity contribution is 5.86. The second-order valence-electron chi connectivity index (χ2n) is 7.89. The van der Waals surface area contributed by atoms with Crippen molar-refractivity contribution in [3.05, 3.63) is 59.7 Å². The van der Waals surface area contributed by atoms with Gasteiger partial charge in [0.05, 0.1) is 12.8 Å². The summed E-state index contributed by atoms with van der Waals surface area (Å²) in [5.41, 5.74) is 3.53. The number of hydrogen-bond acceptors (Lipinski definition) is 4. The molecular formula is C23H21F5N2O5. The number of hydrogen-bond donors (Lipinski definition) is 3. The lowest BCUT2D eigenvalue weighted by Crippen LogP contribution is -2.53. The molecule has 3 rings (SSSR count). The molecule has 0 heterocycles. The van der Waals surface area contributed by atoms with Gasteiger partial charge >= 0.3 is 18.2 Å². The number of carbonyl (C=O) groups excluding carboxylic acids is 2. The van der Waals surface area contributed by atoms with Gasteiger partial charge < -0.3 is 20.5 Å². The fraction of sp³-hybridized carbons (Fsp3) is 0.348. The molecule has 35 heavy (non-hydrogen) atoms. The van der Waals surface area contributed by atoms with E-state index in [1.54, 1.807) is 22.8 Å². The fourth-order valence-electron chi connectivity index (χ4n) is 3.90. The maximum atomic E-state index is 13.0. The fourth-order valence-corrected chi connectivity index (χ4v) is 3.90. The van der Waals surface area contributed by atoms with Crippen molar-refractivity contribution in [2.24, 2.45) is 0 Å². The maximum absolute atomic E-state index is 13.0. The first-order valence-electron chi connectivity index (χ1n) is 10.4. The van der Waals surface area contributed by atoms with E-state index in [9.17, 15) is 36.3 Å². The number of ether oxygens (including phenoxy) is 1. The van der Waals surface area contributed by atoms with Crippen molar-refractivity contribution in [1.82, 2.24) is 10.6 Å². The SMILES string of the molecule is O=C(O)CC(NC(=O)C(CC(F)(F)F)NC(=O)OCC1c2ccccc2-c2ccccc21)C(F)F. The zero-order chi connectivity index (χ0) is 25.8. The minimum atomic E-state index is -4.94. The van der Waals surface area contributed by atoms with Crippen LogP contribution in [-0.4, -0.2) is 54.4 Å². The summed E-state index contributed by atoms with van der Waals surface area (Å²) in [5.74, 6) is -3.70. The van der Waals surface area contributed by atoms with Crippen molar-refractivity contribution < 1.29 is 46.2 Å². The van der Waals surface area contributed by atoms with Crippen molar-refractivity contribution in [3.8, 4) is 11.1 Å². The quantitative estimate of drug-likeness (QED) is 0.451. The van der Waals surface area contributed by atoms with E-state index in [-0.39, 0.29) is 6.61 Å². The lowest BCUT2D eigenvalue weighted by molar-refractivity contribution is -0.150. The molecule has 12 heteroatoms. The van der Waals surface area contributed by atoms with Crippen LogP contribution in [0.5, 0.6) is 0 Å². The number of carboxylic acid groups (broad SMARTS) is 1. The van der Waals surface area contributed by atoms with Crippen molar-refractivity contribution in [2.75, 3.05) is 6.61 Å². The van der Waals surface area contributed by atoms with E-state index in [1.165, 1.54) is 0 Å². The van der Waals surface area contributed by atoms with Crippen LogP contribution < -0.4 is 10.6 Å². The Bertz CT molecular complexity index is 1050. The summed E-state index contributed by atoms with van der Waals surface area (Å²) in [6, 6.07) is 10.1. The number of fused-ring (bicyclic) bond motifs is 3. The molecule has 0 aromatic heterocycles. The van der Waals surface area contributed by atoms with Crippen molar-refractivity contribution in [3.63, 3.8) is 0 Å². The highest BCUT2D eigenvalue weighted by atomic mass is 19.4. The standard InChI is InChI=1S/C23H21F5N2O5/c24-20(25)17(9-19(31)32)29-21(33)18(10-23(26,27)28)30-22(34)35-11-16-14-7-3-1-5-12(14)13-6-2-4-8-15(13)16/h1-8,16-18,20H,9-11H2,(H,29,33)(H,30,34)(H,31,32). The van der Waals surface area contributed by atoms with Crippen LogP contribution in [0, 0.1) is 0 Å². The Morgan fingerprint density at radius 1 is 0.943 bits per heavy atom. The lowest BCUT2D eigenvalue weighted by atomic mass is 9.98. The third-order valence-corrected chi connectivity index (χ3v) is 5.41. The van der Waals surface area contributed by atoms with E-state index in [0.717, 1.165) is 22.3 Å². The molecule has 0 spiro atoms. The highest BCUT2D eigenvalue weighted by Crippen LogP contribution is 2.44. The number of alkyl carbamates (subject to hydrolysis) is 1. The number of alkyl halides is 5. The number of amides is 2. The second-order valence-corrected chi connectivity index (χ2v) is 7.89. The summed E-state index contributed by atoms with van der Waals surface area (Å²) in [6.45, 7) is -0.251. The maximum Gasteiger partial charge on any atom is 0.407 e. The second kappa shape index (κ2) is 10.7. The van der Waals surface area contributed by atoms with Crippen LogP contribution in [0.1, 0.15) is 29.9 Å². The van der Waals surface area contributed by atoms with Crippen molar-refractivity contribution in [2.45, 2.75) is 43.4 Å². The summed E-state index contributed by atoms with van der Waals surface area (Å²) in [5, 5.41) is 12.0. The topological polar surface area (TPSA) is 105 Å². The Labute approximate surface area is 196 Å². The first-order chi connectivity index (χ1) is 16.5. The number of halogens is 5. The third-order valence-electron chi connectivity index (χ3n) is 5.41. The van der Waals surface area contributed by atoms with Gasteiger partial charge in [0.25, 0.3) is 6.43 Å². The molecule has 0 saturated carbocycles. The first-order valence-corrected chi connectivity index (χ1v) is 10.4. The Hall–Kier alpha value is -3.70. The molecule has 2 unspecified atom stereocenters. The number of benzene rings is 2. The average Bonchev–Trinajstić information content (AvgIpc) is 3.09. The molecule has 1 aliphatic rings. The number of carboxylic acids is 1. The van der Waals surface area contributed by atoms with Gasteiger partial charge in [-0.25, -0.2) is 13.6 Å². The van der Waals surface area contributed by atoms with Crippen LogP contribution >= 0.6 is 0 Å². The summed E-state index contributed by atoms with van der Waals surface area (Å²) >= 11 is 0. The summed E-state index contributed by atoms with van der Waals surface area (Å²) in [7, 11) is 0. The molecule has 0 aliphatic heterocycles. The predicted octanol–water partition coefficient (Wildman–Crippen LogP) is 4.07. The molecule has 1 aliphatic carbocycles. The largest absolute Gasteiger partial charge is 0.481 e. The Morgan fingerprint density at radius 3 is 1.97 bits per heavy atom. The van der Waals surface area contributed by atoms with Crippen LogP contribution in [0.2, 0.25) is 0 Å². The summed E-state index contributed by atoms with van der Waals surface area (Å²) < 4.78 is 70.0. The van der Waals surface area contributed by atoms with Crippen molar-refractivity contribution >= 4 is 18.0 Å². The van der Waals surface area contributed by atoms with Crippen LogP contribution in [0.15, 0.2) is 48.5 Å². The van der Waals surface area contributed by atoms with E-state index in [0.29, 0.717) is 0 Å². The normalized spacial score (nSPS) is 14.6. The molecule has 2 amide bonds. The molecule has 3 N–H and O–H groups in total. The molecule has 0 radical (unpaired) electrons. The highest BCUT2D eigenvalue weighted by Gasteiger charge is 2.38.